The van der Waals surface area contributed by atoms with Crippen LogP contribution >= 0.6 is 0 Å². The van der Waals surface area contributed by atoms with Crippen molar-refractivity contribution in [2.24, 2.45) is 0 Å². The third-order valence-corrected chi connectivity index (χ3v) is 4.02. The van der Waals surface area contributed by atoms with E-state index in [1.165, 1.54) is 0 Å². The lowest BCUT2D eigenvalue weighted by molar-refractivity contribution is -0.123. The predicted octanol–water partition coefficient (Wildman–Crippen LogP) is 4.03. The van der Waals surface area contributed by atoms with E-state index in [1.54, 1.807) is 50.4 Å². The number of ether oxygens (including phenoxy) is 2. The second-order valence-corrected chi connectivity index (χ2v) is 5.79. The summed E-state index contributed by atoms with van der Waals surface area (Å²) < 4.78 is 10.4. The van der Waals surface area contributed by atoms with Crippen molar-refractivity contribution in [2.75, 3.05) is 12.4 Å². The number of amides is 1. The number of carbonyl (C=O) groups is 2. The first kappa shape index (κ1) is 17.5. The Bertz CT molecular complexity index is 929. The Morgan fingerprint density at radius 1 is 0.923 bits per heavy atom. The van der Waals surface area contributed by atoms with Gasteiger partial charge in [0.2, 0.25) is 0 Å². The number of rotatable bonds is 5. The first-order valence-electron chi connectivity index (χ1n) is 8.22. The van der Waals surface area contributed by atoms with E-state index < -0.39 is 18.0 Å². The van der Waals surface area contributed by atoms with Crippen molar-refractivity contribution < 1.29 is 19.1 Å². The SMILES string of the molecule is COc1ccc(NC(=O)C(C)OC(=O)c2cccc3ccccc23)cc1. The van der Waals surface area contributed by atoms with Gasteiger partial charge in [0.1, 0.15) is 5.75 Å². The van der Waals surface area contributed by atoms with Gasteiger partial charge in [-0.05, 0) is 48.0 Å². The first-order valence-corrected chi connectivity index (χ1v) is 8.22. The molecule has 5 heteroatoms. The summed E-state index contributed by atoms with van der Waals surface area (Å²) in [6, 6.07) is 19.9. The largest absolute Gasteiger partial charge is 0.497 e. The van der Waals surface area contributed by atoms with Crippen LogP contribution in [0.2, 0.25) is 0 Å². The molecule has 26 heavy (non-hydrogen) atoms. The zero-order chi connectivity index (χ0) is 18.5. The molecule has 132 valence electrons. The van der Waals surface area contributed by atoms with Gasteiger partial charge in [-0.3, -0.25) is 4.79 Å². The molecule has 0 saturated heterocycles. The lowest BCUT2D eigenvalue weighted by Gasteiger charge is -2.14. The minimum Gasteiger partial charge on any atom is -0.497 e. The summed E-state index contributed by atoms with van der Waals surface area (Å²) in [6.07, 6.45) is -0.927. The van der Waals surface area contributed by atoms with E-state index in [0.717, 1.165) is 10.8 Å². The summed E-state index contributed by atoms with van der Waals surface area (Å²) in [7, 11) is 1.57. The maximum absolute atomic E-state index is 12.5. The molecule has 0 heterocycles. The summed E-state index contributed by atoms with van der Waals surface area (Å²) in [6.45, 7) is 1.54. The van der Waals surface area contributed by atoms with E-state index in [4.69, 9.17) is 9.47 Å². The number of carbonyl (C=O) groups excluding carboxylic acids is 2. The Morgan fingerprint density at radius 3 is 2.35 bits per heavy atom. The average Bonchev–Trinajstić information content (AvgIpc) is 2.68. The van der Waals surface area contributed by atoms with E-state index in [9.17, 15) is 9.59 Å². The van der Waals surface area contributed by atoms with Gasteiger partial charge >= 0.3 is 5.97 Å². The first-order chi connectivity index (χ1) is 12.6. The maximum atomic E-state index is 12.5. The molecule has 0 bridgehead atoms. The van der Waals surface area contributed by atoms with Crippen molar-refractivity contribution in [1.82, 2.24) is 0 Å². The van der Waals surface area contributed by atoms with Crippen LogP contribution in [0.5, 0.6) is 5.75 Å². The van der Waals surface area contributed by atoms with Crippen molar-refractivity contribution in [1.29, 1.82) is 0 Å². The molecule has 1 N–H and O–H groups in total. The lowest BCUT2D eigenvalue weighted by atomic mass is 10.0. The number of hydrogen-bond donors (Lipinski definition) is 1. The summed E-state index contributed by atoms with van der Waals surface area (Å²) in [5, 5.41) is 4.45. The van der Waals surface area contributed by atoms with Crippen molar-refractivity contribution >= 4 is 28.3 Å². The van der Waals surface area contributed by atoms with E-state index in [2.05, 4.69) is 5.32 Å². The van der Waals surface area contributed by atoms with E-state index >= 15 is 0 Å². The topological polar surface area (TPSA) is 64.6 Å². The highest BCUT2D eigenvalue weighted by Gasteiger charge is 2.20. The molecule has 1 unspecified atom stereocenters. The van der Waals surface area contributed by atoms with Gasteiger partial charge in [-0.25, -0.2) is 4.79 Å². The van der Waals surface area contributed by atoms with E-state index in [1.807, 2.05) is 30.3 Å². The Labute approximate surface area is 151 Å². The molecule has 0 saturated carbocycles. The molecular weight excluding hydrogens is 330 g/mol. The Kier molecular flexibility index (Phi) is 5.17. The van der Waals surface area contributed by atoms with Gasteiger partial charge in [-0.1, -0.05) is 36.4 Å². The molecule has 3 aromatic carbocycles. The van der Waals surface area contributed by atoms with Crippen LogP contribution in [0.1, 0.15) is 17.3 Å². The summed E-state index contributed by atoms with van der Waals surface area (Å²) in [5.74, 6) is -0.235. The summed E-state index contributed by atoms with van der Waals surface area (Å²) in [4.78, 5) is 24.8. The zero-order valence-corrected chi connectivity index (χ0v) is 14.6. The molecule has 0 aliphatic heterocycles. The van der Waals surface area contributed by atoms with Gasteiger partial charge in [0.25, 0.3) is 5.91 Å². The third-order valence-electron chi connectivity index (χ3n) is 4.02. The van der Waals surface area contributed by atoms with Crippen molar-refractivity contribution in [2.45, 2.75) is 13.0 Å². The Morgan fingerprint density at radius 2 is 1.62 bits per heavy atom. The van der Waals surface area contributed by atoms with Gasteiger partial charge in [0, 0.05) is 5.69 Å². The van der Waals surface area contributed by atoms with Gasteiger partial charge in [0.05, 0.1) is 12.7 Å². The van der Waals surface area contributed by atoms with Crippen LogP contribution in [-0.4, -0.2) is 25.1 Å². The summed E-state index contributed by atoms with van der Waals surface area (Å²) in [5.41, 5.74) is 1.04. The Hall–Kier alpha value is -3.34. The number of anilines is 1. The second-order valence-electron chi connectivity index (χ2n) is 5.79. The van der Waals surface area contributed by atoms with E-state index in [0.29, 0.717) is 17.0 Å². The normalized spacial score (nSPS) is 11.6. The maximum Gasteiger partial charge on any atom is 0.339 e. The van der Waals surface area contributed by atoms with Crippen LogP contribution in [-0.2, 0) is 9.53 Å². The number of nitrogens with one attached hydrogen (secondary N) is 1. The minimum absolute atomic E-state index is 0.399. The molecular formula is C21H19NO4. The molecule has 0 radical (unpaired) electrons. The molecule has 3 rings (SSSR count). The fourth-order valence-electron chi connectivity index (χ4n) is 2.60. The van der Waals surface area contributed by atoms with Crippen molar-refractivity contribution in [3.05, 3.63) is 72.3 Å². The highest BCUT2D eigenvalue weighted by atomic mass is 16.5. The fraction of sp³-hybridized carbons (Fsp3) is 0.143. The van der Waals surface area contributed by atoms with Gasteiger partial charge < -0.3 is 14.8 Å². The molecule has 0 spiro atoms. The zero-order valence-electron chi connectivity index (χ0n) is 14.6. The summed E-state index contributed by atoms with van der Waals surface area (Å²) >= 11 is 0. The van der Waals surface area contributed by atoms with Gasteiger partial charge in [-0.15, -0.1) is 0 Å². The van der Waals surface area contributed by atoms with Crippen LogP contribution in [0.15, 0.2) is 66.7 Å². The van der Waals surface area contributed by atoms with Crippen molar-refractivity contribution in [3.63, 3.8) is 0 Å². The van der Waals surface area contributed by atoms with E-state index in [-0.39, 0.29) is 0 Å². The standard InChI is InChI=1S/C21H19NO4/c1-14(20(23)22-16-10-12-17(25-2)13-11-16)26-21(24)19-9-5-7-15-6-3-4-8-18(15)19/h3-14H,1-2H3,(H,22,23). The number of hydrogen-bond acceptors (Lipinski definition) is 4. The molecule has 0 aromatic heterocycles. The van der Waals surface area contributed by atoms with Gasteiger partial charge in [0.15, 0.2) is 6.10 Å². The monoisotopic (exact) mass is 349 g/mol. The van der Waals surface area contributed by atoms with Crippen LogP contribution in [0, 0.1) is 0 Å². The third kappa shape index (κ3) is 3.83. The number of methoxy groups -OCH3 is 1. The quantitative estimate of drug-likeness (QED) is 0.706. The number of fused-ring (bicyclic) bond motifs is 1. The second kappa shape index (κ2) is 7.70. The molecule has 5 nitrogen and oxygen atoms in total. The molecule has 3 aromatic rings. The minimum atomic E-state index is -0.927. The fourth-order valence-corrected chi connectivity index (χ4v) is 2.60. The van der Waals surface area contributed by atoms with Crippen molar-refractivity contribution in [3.8, 4) is 5.75 Å². The van der Waals surface area contributed by atoms with Gasteiger partial charge in [-0.2, -0.15) is 0 Å². The molecule has 0 aliphatic rings. The van der Waals surface area contributed by atoms with Crippen LogP contribution < -0.4 is 10.1 Å². The average molecular weight is 349 g/mol. The molecule has 0 aliphatic carbocycles. The predicted molar refractivity (Wildman–Crippen MR) is 100 cm³/mol. The van der Waals surface area contributed by atoms with Crippen LogP contribution in [0.25, 0.3) is 10.8 Å². The number of benzene rings is 3. The smallest absolute Gasteiger partial charge is 0.339 e. The molecule has 0 fully saturated rings. The molecule has 1 amide bonds. The molecule has 1 atom stereocenters. The highest BCUT2D eigenvalue weighted by molar-refractivity contribution is 6.05. The van der Waals surface area contributed by atoms with Crippen LogP contribution in [0.3, 0.4) is 0 Å². The lowest BCUT2D eigenvalue weighted by Crippen LogP contribution is -2.30. The van der Waals surface area contributed by atoms with Crippen LogP contribution in [0.4, 0.5) is 5.69 Å². The Balaban J connectivity index is 1.68. The highest BCUT2D eigenvalue weighted by Crippen LogP contribution is 2.20. The number of esters is 1.